The van der Waals surface area contributed by atoms with Gasteiger partial charge in [-0.15, -0.1) is 0 Å². The number of hydrogen-bond donors (Lipinski definition) is 2. The summed E-state index contributed by atoms with van der Waals surface area (Å²) in [5.74, 6) is -2.40. The zero-order chi connectivity index (χ0) is 17.4. The minimum atomic E-state index is -0.902. The van der Waals surface area contributed by atoms with Crippen molar-refractivity contribution >= 4 is 17.7 Å². The van der Waals surface area contributed by atoms with Crippen molar-refractivity contribution in [1.82, 2.24) is 5.32 Å². The standard InChI is InChI=1S/C17H21NO5/c1-4-23-17(22)15(11(2)19)16(21)14(18-12(3)20)10-13-8-6-5-7-9-13/h5-9,14,21H,4,10H2,1-3H3,(H,18,20)/b16-15+/t14-/m0/s1. The summed E-state index contributed by atoms with van der Waals surface area (Å²) in [6.45, 7) is 4.13. The highest BCUT2D eigenvalue weighted by molar-refractivity contribution is 6.16. The second-order valence-electron chi connectivity index (χ2n) is 4.98. The number of amides is 1. The van der Waals surface area contributed by atoms with Crippen molar-refractivity contribution in [3.63, 3.8) is 0 Å². The van der Waals surface area contributed by atoms with Crippen LogP contribution in [0.25, 0.3) is 0 Å². The maximum atomic E-state index is 11.9. The summed E-state index contributed by atoms with van der Waals surface area (Å²) < 4.78 is 4.80. The van der Waals surface area contributed by atoms with Crippen molar-refractivity contribution in [2.24, 2.45) is 0 Å². The smallest absolute Gasteiger partial charge is 0.345 e. The lowest BCUT2D eigenvalue weighted by Crippen LogP contribution is -2.38. The van der Waals surface area contributed by atoms with Crippen LogP contribution in [0.2, 0.25) is 0 Å². The third-order valence-electron chi connectivity index (χ3n) is 3.08. The molecule has 1 rings (SSSR count). The number of aliphatic hydroxyl groups is 1. The van der Waals surface area contributed by atoms with E-state index in [4.69, 9.17) is 4.74 Å². The minimum Gasteiger partial charge on any atom is -0.509 e. The van der Waals surface area contributed by atoms with Crippen LogP contribution < -0.4 is 5.32 Å². The Balaban J connectivity index is 3.20. The van der Waals surface area contributed by atoms with Gasteiger partial charge in [-0.25, -0.2) is 4.79 Å². The minimum absolute atomic E-state index is 0.0758. The molecule has 0 spiro atoms. The fourth-order valence-corrected chi connectivity index (χ4v) is 2.12. The molecule has 0 saturated carbocycles. The molecule has 0 aromatic heterocycles. The molecule has 1 aromatic carbocycles. The van der Waals surface area contributed by atoms with Crippen LogP contribution >= 0.6 is 0 Å². The zero-order valence-electron chi connectivity index (χ0n) is 13.5. The van der Waals surface area contributed by atoms with E-state index < -0.39 is 29.1 Å². The van der Waals surface area contributed by atoms with Gasteiger partial charge in [-0.05, 0) is 25.8 Å². The van der Waals surface area contributed by atoms with Crippen molar-refractivity contribution < 1.29 is 24.2 Å². The Kier molecular flexibility index (Phi) is 6.99. The fourth-order valence-electron chi connectivity index (χ4n) is 2.12. The maximum Gasteiger partial charge on any atom is 0.345 e. The summed E-state index contributed by atoms with van der Waals surface area (Å²) >= 11 is 0. The van der Waals surface area contributed by atoms with E-state index in [9.17, 15) is 19.5 Å². The molecule has 0 aliphatic heterocycles. The lowest BCUT2D eigenvalue weighted by Gasteiger charge is -2.19. The zero-order valence-corrected chi connectivity index (χ0v) is 13.5. The van der Waals surface area contributed by atoms with Gasteiger partial charge < -0.3 is 15.2 Å². The van der Waals surface area contributed by atoms with Gasteiger partial charge in [0.05, 0.1) is 12.6 Å². The molecule has 2 N–H and O–H groups in total. The number of carbonyl (C=O) groups excluding carboxylic acids is 3. The van der Waals surface area contributed by atoms with Gasteiger partial charge in [-0.1, -0.05) is 30.3 Å². The molecule has 0 unspecified atom stereocenters. The van der Waals surface area contributed by atoms with Crippen LogP contribution in [0.5, 0.6) is 0 Å². The predicted octanol–water partition coefficient (Wildman–Crippen LogP) is 1.70. The Labute approximate surface area is 135 Å². The Morgan fingerprint density at radius 1 is 1.17 bits per heavy atom. The molecule has 6 heteroatoms. The molecule has 0 aliphatic carbocycles. The SMILES string of the molecule is CCOC(=O)/C(C(C)=O)=C(/O)[C@H](Cc1ccccc1)NC(C)=O. The summed E-state index contributed by atoms with van der Waals surface area (Å²) in [6.07, 6.45) is 0.239. The number of aliphatic hydroxyl groups excluding tert-OH is 1. The van der Waals surface area contributed by atoms with Crippen LogP contribution in [0.4, 0.5) is 0 Å². The Bertz CT molecular complexity index is 607. The highest BCUT2D eigenvalue weighted by Crippen LogP contribution is 2.15. The van der Waals surface area contributed by atoms with E-state index in [-0.39, 0.29) is 18.9 Å². The number of nitrogens with one attached hydrogen (secondary N) is 1. The predicted molar refractivity (Wildman–Crippen MR) is 84.7 cm³/mol. The number of hydrogen-bond acceptors (Lipinski definition) is 5. The molecule has 6 nitrogen and oxygen atoms in total. The van der Waals surface area contributed by atoms with Gasteiger partial charge in [0, 0.05) is 6.92 Å². The van der Waals surface area contributed by atoms with Gasteiger partial charge in [0.2, 0.25) is 5.91 Å². The second-order valence-corrected chi connectivity index (χ2v) is 4.98. The summed E-state index contributed by atoms with van der Waals surface area (Å²) in [5.41, 5.74) is 0.395. The topological polar surface area (TPSA) is 92.7 Å². The Hall–Kier alpha value is -2.63. The number of benzene rings is 1. The molecule has 23 heavy (non-hydrogen) atoms. The van der Waals surface area contributed by atoms with E-state index in [2.05, 4.69) is 5.32 Å². The van der Waals surface area contributed by atoms with Gasteiger partial charge in [0.1, 0.15) is 11.3 Å². The van der Waals surface area contributed by atoms with E-state index in [0.29, 0.717) is 0 Å². The maximum absolute atomic E-state index is 11.9. The van der Waals surface area contributed by atoms with Crippen LogP contribution in [-0.4, -0.2) is 35.4 Å². The molecule has 1 atom stereocenters. The second kappa shape index (κ2) is 8.73. The molecule has 0 heterocycles. The highest BCUT2D eigenvalue weighted by atomic mass is 16.5. The first-order chi connectivity index (χ1) is 10.9. The van der Waals surface area contributed by atoms with Gasteiger partial charge >= 0.3 is 5.97 Å². The molecule has 124 valence electrons. The first kappa shape index (κ1) is 18.4. The van der Waals surface area contributed by atoms with Crippen molar-refractivity contribution in [2.75, 3.05) is 6.61 Å². The van der Waals surface area contributed by atoms with E-state index in [1.54, 1.807) is 6.92 Å². The lowest BCUT2D eigenvalue weighted by atomic mass is 9.99. The van der Waals surface area contributed by atoms with Crippen LogP contribution in [0.3, 0.4) is 0 Å². The molecule has 0 saturated heterocycles. The normalized spacial score (nSPS) is 12.8. The van der Waals surface area contributed by atoms with Crippen molar-refractivity contribution in [1.29, 1.82) is 0 Å². The van der Waals surface area contributed by atoms with Crippen LogP contribution in [-0.2, 0) is 25.5 Å². The molecule has 0 fully saturated rings. The number of esters is 1. The van der Waals surface area contributed by atoms with E-state index in [0.717, 1.165) is 12.5 Å². The van der Waals surface area contributed by atoms with E-state index >= 15 is 0 Å². The third-order valence-corrected chi connectivity index (χ3v) is 3.08. The molecular formula is C17H21NO5. The number of ketones is 1. The third kappa shape index (κ3) is 5.58. The summed E-state index contributed by atoms with van der Waals surface area (Å²) in [7, 11) is 0. The van der Waals surface area contributed by atoms with Crippen LogP contribution in [0, 0.1) is 0 Å². The molecule has 1 amide bonds. The van der Waals surface area contributed by atoms with Crippen LogP contribution in [0.15, 0.2) is 41.7 Å². The number of carbonyl (C=O) groups is 3. The molecule has 0 radical (unpaired) electrons. The fraction of sp³-hybridized carbons (Fsp3) is 0.353. The summed E-state index contributed by atoms with van der Waals surface area (Å²) in [4.78, 5) is 35.0. The largest absolute Gasteiger partial charge is 0.509 e. The Morgan fingerprint density at radius 2 is 1.78 bits per heavy atom. The van der Waals surface area contributed by atoms with Crippen LogP contribution in [0.1, 0.15) is 26.3 Å². The summed E-state index contributed by atoms with van der Waals surface area (Å²) in [5, 5.41) is 12.9. The summed E-state index contributed by atoms with van der Waals surface area (Å²) in [6, 6.07) is 8.22. The van der Waals surface area contributed by atoms with Crippen molar-refractivity contribution in [3.8, 4) is 0 Å². The first-order valence-electron chi connectivity index (χ1n) is 7.29. The van der Waals surface area contributed by atoms with Crippen molar-refractivity contribution in [3.05, 3.63) is 47.2 Å². The van der Waals surface area contributed by atoms with E-state index in [1.165, 1.54) is 6.92 Å². The average molecular weight is 319 g/mol. The van der Waals surface area contributed by atoms with Gasteiger partial charge in [-0.2, -0.15) is 0 Å². The monoisotopic (exact) mass is 319 g/mol. The quantitative estimate of drug-likeness (QED) is 0.262. The number of Topliss-reactive ketones (excluding diaryl/α,β-unsaturated/α-hetero) is 1. The first-order valence-corrected chi connectivity index (χ1v) is 7.29. The number of ether oxygens (including phenoxy) is 1. The van der Waals surface area contributed by atoms with Gasteiger partial charge in [0.15, 0.2) is 5.78 Å². The lowest BCUT2D eigenvalue weighted by molar-refractivity contribution is -0.140. The highest BCUT2D eigenvalue weighted by Gasteiger charge is 2.27. The molecule has 0 aliphatic rings. The van der Waals surface area contributed by atoms with Gasteiger partial charge in [0.25, 0.3) is 0 Å². The van der Waals surface area contributed by atoms with E-state index in [1.807, 2.05) is 30.3 Å². The number of rotatable bonds is 7. The van der Waals surface area contributed by atoms with Crippen molar-refractivity contribution in [2.45, 2.75) is 33.2 Å². The average Bonchev–Trinajstić information content (AvgIpc) is 2.47. The molecule has 0 bridgehead atoms. The van der Waals surface area contributed by atoms with Gasteiger partial charge in [-0.3, -0.25) is 9.59 Å². The molecular weight excluding hydrogens is 298 g/mol. The Morgan fingerprint density at radius 3 is 2.26 bits per heavy atom. The molecule has 1 aromatic rings.